The predicted molar refractivity (Wildman–Crippen MR) is 108 cm³/mol. The van der Waals surface area contributed by atoms with E-state index in [-0.39, 0.29) is 11.9 Å². The van der Waals surface area contributed by atoms with Crippen LogP contribution in [0.2, 0.25) is 0 Å². The maximum Gasteiger partial charge on any atom is 0.321 e. The summed E-state index contributed by atoms with van der Waals surface area (Å²) in [7, 11) is 0. The van der Waals surface area contributed by atoms with Crippen molar-refractivity contribution in [3.63, 3.8) is 0 Å². The Morgan fingerprint density at radius 2 is 1.92 bits per heavy atom. The van der Waals surface area contributed by atoms with E-state index in [1.54, 1.807) is 0 Å². The highest BCUT2D eigenvalue weighted by Gasteiger charge is 2.23. The molecule has 5 nitrogen and oxygen atoms in total. The van der Waals surface area contributed by atoms with E-state index in [9.17, 15) is 9.59 Å². The summed E-state index contributed by atoms with van der Waals surface area (Å²) in [4.78, 5) is 29.1. The van der Waals surface area contributed by atoms with Gasteiger partial charge in [0.2, 0.25) is 0 Å². The van der Waals surface area contributed by atoms with Gasteiger partial charge >= 0.3 is 6.03 Å². The van der Waals surface area contributed by atoms with E-state index in [4.69, 9.17) is 0 Å². The first-order valence-electron chi connectivity index (χ1n) is 9.58. The van der Waals surface area contributed by atoms with Crippen molar-refractivity contribution in [1.29, 1.82) is 0 Å². The molecule has 1 aromatic carbocycles. The van der Waals surface area contributed by atoms with E-state index >= 15 is 0 Å². The van der Waals surface area contributed by atoms with Gasteiger partial charge in [-0.15, -0.1) is 0 Å². The SMILES string of the molecule is Cc1cc(C(=O)N2CCCC(C)C2)ccc1NC(=O)N1CCCSCC1. The minimum Gasteiger partial charge on any atom is -0.338 e. The molecule has 6 heteroatoms. The van der Waals surface area contributed by atoms with Crippen molar-refractivity contribution < 1.29 is 9.59 Å². The minimum atomic E-state index is -0.0421. The zero-order valence-electron chi connectivity index (χ0n) is 15.8. The van der Waals surface area contributed by atoms with Crippen molar-refractivity contribution in [3.05, 3.63) is 29.3 Å². The van der Waals surface area contributed by atoms with Crippen LogP contribution in [-0.2, 0) is 0 Å². The van der Waals surface area contributed by atoms with Crippen LogP contribution in [0.4, 0.5) is 10.5 Å². The Bertz CT molecular complexity index is 656. The summed E-state index contributed by atoms with van der Waals surface area (Å²) >= 11 is 1.90. The van der Waals surface area contributed by atoms with Crippen LogP contribution in [0.1, 0.15) is 42.1 Å². The number of nitrogens with zero attached hydrogens (tertiary/aromatic N) is 2. The topological polar surface area (TPSA) is 52.7 Å². The van der Waals surface area contributed by atoms with Crippen molar-refractivity contribution in [3.8, 4) is 0 Å². The molecule has 2 aliphatic rings. The fourth-order valence-corrected chi connectivity index (χ4v) is 4.52. The molecule has 1 unspecified atom stereocenters. The zero-order valence-corrected chi connectivity index (χ0v) is 16.6. The van der Waals surface area contributed by atoms with Gasteiger partial charge < -0.3 is 15.1 Å². The number of hydrogen-bond acceptors (Lipinski definition) is 3. The number of anilines is 1. The third-order valence-electron chi connectivity index (χ3n) is 5.17. The van der Waals surface area contributed by atoms with Gasteiger partial charge in [0.15, 0.2) is 0 Å². The lowest BCUT2D eigenvalue weighted by molar-refractivity contribution is 0.0683. The Hall–Kier alpha value is -1.69. The van der Waals surface area contributed by atoms with Crippen molar-refractivity contribution in [2.24, 2.45) is 5.92 Å². The maximum atomic E-state index is 12.7. The third-order valence-corrected chi connectivity index (χ3v) is 6.22. The molecular weight excluding hydrogens is 346 g/mol. The first kappa shape index (κ1) is 19.1. The van der Waals surface area contributed by atoms with Crippen LogP contribution < -0.4 is 5.32 Å². The fourth-order valence-electron chi connectivity index (χ4n) is 3.64. The Morgan fingerprint density at radius 3 is 2.69 bits per heavy atom. The summed E-state index contributed by atoms with van der Waals surface area (Å²) in [5.41, 5.74) is 2.43. The number of likely N-dealkylation sites (tertiary alicyclic amines) is 1. The molecule has 3 amide bonds. The van der Waals surface area contributed by atoms with Gasteiger partial charge in [-0.05, 0) is 61.6 Å². The average molecular weight is 376 g/mol. The van der Waals surface area contributed by atoms with Crippen molar-refractivity contribution in [2.45, 2.75) is 33.1 Å². The first-order valence-corrected chi connectivity index (χ1v) is 10.7. The molecule has 26 heavy (non-hydrogen) atoms. The monoisotopic (exact) mass is 375 g/mol. The fraction of sp³-hybridized carbons (Fsp3) is 0.600. The van der Waals surface area contributed by atoms with Crippen LogP contribution in [0.15, 0.2) is 18.2 Å². The molecule has 0 aliphatic carbocycles. The molecule has 0 spiro atoms. The van der Waals surface area contributed by atoms with Gasteiger partial charge in [0.25, 0.3) is 5.91 Å². The van der Waals surface area contributed by atoms with Gasteiger partial charge in [-0.2, -0.15) is 11.8 Å². The molecule has 2 fully saturated rings. The number of carbonyl (C=O) groups excluding carboxylic acids is 2. The third kappa shape index (κ3) is 4.72. The van der Waals surface area contributed by atoms with E-state index < -0.39 is 0 Å². The standard InChI is InChI=1S/C20H29N3O2S/c1-15-5-3-8-23(14-15)19(24)17-6-7-18(16(2)13-17)21-20(25)22-9-4-11-26-12-10-22/h6-7,13,15H,3-5,8-12,14H2,1-2H3,(H,21,25). The van der Waals surface area contributed by atoms with Crippen LogP contribution in [0, 0.1) is 12.8 Å². The highest BCUT2D eigenvalue weighted by atomic mass is 32.2. The number of hydrogen-bond donors (Lipinski definition) is 1. The summed E-state index contributed by atoms with van der Waals surface area (Å²) in [5, 5.41) is 3.01. The summed E-state index contributed by atoms with van der Waals surface area (Å²) in [6.07, 6.45) is 3.32. The zero-order chi connectivity index (χ0) is 18.5. The Labute approximate surface area is 160 Å². The molecule has 1 N–H and O–H groups in total. The smallest absolute Gasteiger partial charge is 0.321 e. The molecule has 2 saturated heterocycles. The van der Waals surface area contributed by atoms with Crippen molar-refractivity contribution in [1.82, 2.24) is 9.80 Å². The van der Waals surface area contributed by atoms with Crippen LogP contribution in [0.25, 0.3) is 0 Å². The van der Waals surface area contributed by atoms with Crippen molar-refractivity contribution >= 4 is 29.4 Å². The Kier molecular flexibility index (Phi) is 6.46. The number of urea groups is 1. The minimum absolute atomic E-state index is 0.0421. The molecule has 0 saturated carbocycles. The van der Waals surface area contributed by atoms with Crippen molar-refractivity contribution in [2.75, 3.05) is 43.0 Å². The molecule has 3 rings (SSSR count). The first-order chi connectivity index (χ1) is 12.5. The summed E-state index contributed by atoms with van der Waals surface area (Å²) in [5.74, 6) is 2.78. The number of thioether (sulfide) groups is 1. The second-order valence-corrected chi connectivity index (χ2v) is 8.64. The number of benzene rings is 1. The summed E-state index contributed by atoms with van der Waals surface area (Å²) in [6, 6.07) is 5.55. The molecule has 2 heterocycles. The van der Waals surface area contributed by atoms with Gasteiger partial charge in [0, 0.05) is 43.2 Å². The van der Waals surface area contributed by atoms with Gasteiger partial charge in [-0.25, -0.2) is 4.79 Å². The highest BCUT2D eigenvalue weighted by molar-refractivity contribution is 7.99. The molecule has 142 valence electrons. The number of rotatable bonds is 2. The van der Waals surface area contributed by atoms with Crippen LogP contribution in [0.3, 0.4) is 0 Å². The average Bonchev–Trinajstić information content (AvgIpc) is 2.92. The molecule has 0 aromatic heterocycles. The number of nitrogens with one attached hydrogen (secondary N) is 1. The van der Waals surface area contributed by atoms with Crippen LogP contribution in [-0.4, -0.2) is 59.4 Å². The number of carbonyl (C=O) groups is 2. The van der Waals surface area contributed by atoms with Gasteiger partial charge in [0.1, 0.15) is 0 Å². The normalized spacial score (nSPS) is 21.2. The lowest BCUT2D eigenvalue weighted by atomic mass is 9.99. The summed E-state index contributed by atoms with van der Waals surface area (Å²) < 4.78 is 0. The van der Waals surface area contributed by atoms with Crippen LogP contribution in [0.5, 0.6) is 0 Å². The number of piperidine rings is 1. The largest absolute Gasteiger partial charge is 0.338 e. The van der Waals surface area contributed by atoms with Gasteiger partial charge in [-0.3, -0.25) is 4.79 Å². The lowest BCUT2D eigenvalue weighted by Crippen LogP contribution is -2.39. The highest BCUT2D eigenvalue weighted by Crippen LogP contribution is 2.22. The molecule has 1 aromatic rings. The number of amides is 3. The van der Waals surface area contributed by atoms with Crippen LogP contribution >= 0.6 is 11.8 Å². The Balaban J connectivity index is 1.65. The lowest BCUT2D eigenvalue weighted by Gasteiger charge is -2.31. The van der Waals surface area contributed by atoms with Gasteiger partial charge in [0.05, 0.1) is 0 Å². The molecule has 2 aliphatic heterocycles. The van der Waals surface area contributed by atoms with E-state index in [2.05, 4.69) is 12.2 Å². The summed E-state index contributed by atoms with van der Waals surface area (Å²) in [6.45, 7) is 7.42. The maximum absolute atomic E-state index is 12.7. The second kappa shape index (κ2) is 8.80. The van der Waals surface area contributed by atoms with E-state index in [0.717, 1.165) is 61.8 Å². The molecule has 0 radical (unpaired) electrons. The van der Waals surface area contributed by atoms with E-state index in [1.165, 1.54) is 6.42 Å². The molecule has 0 bridgehead atoms. The van der Waals surface area contributed by atoms with E-state index in [0.29, 0.717) is 11.5 Å². The second-order valence-electron chi connectivity index (χ2n) is 7.41. The predicted octanol–water partition coefficient (Wildman–Crippen LogP) is 3.84. The van der Waals surface area contributed by atoms with E-state index in [1.807, 2.05) is 46.7 Å². The quantitative estimate of drug-likeness (QED) is 0.854. The molecular formula is C20H29N3O2S. The number of aryl methyl sites for hydroxylation is 1. The Morgan fingerprint density at radius 1 is 1.12 bits per heavy atom. The molecule has 1 atom stereocenters. The van der Waals surface area contributed by atoms with Gasteiger partial charge in [-0.1, -0.05) is 6.92 Å².